The fraction of sp³-hybridized carbons (Fsp3) is 0.0976. The van der Waals surface area contributed by atoms with Gasteiger partial charge in [0.05, 0.1) is 22.8 Å². The topological polar surface area (TPSA) is 82.1 Å². The van der Waals surface area contributed by atoms with Crippen molar-refractivity contribution in [1.29, 1.82) is 0 Å². The van der Waals surface area contributed by atoms with Crippen LogP contribution in [0.4, 0.5) is 56.9 Å². The van der Waals surface area contributed by atoms with Crippen LogP contribution in [-0.4, -0.2) is 33.4 Å². The Balaban J connectivity index is 0.000000143. The molecule has 8 nitrogen and oxygen atoms in total. The van der Waals surface area contributed by atoms with E-state index in [1.54, 1.807) is 0 Å². The lowest BCUT2D eigenvalue weighted by Gasteiger charge is -2.45. The number of hydrogen-bond donors (Lipinski definition) is 2. The average Bonchev–Trinajstić information content (AvgIpc) is 0.702. The maximum atomic E-state index is 4.76. The summed E-state index contributed by atoms with van der Waals surface area (Å²) < 4.78 is 1.29. The van der Waals surface area contributed by atoms with Crippen LogP contribution in [0.2, 0.25) is 0 Å². The van der Waals surface area contributed by atoms with E-state index >= 15 is 0 Å². The van der Waals surface area contributed by atoms with E-state index < -0.39 is 0 Å². The molecule has 0 radical (unpaired) electrons. The number of hydrogen-bond acceptors (Lipinski definition) is 8. The number of aromatic nitrogens is 4. The van der Waals surface area contributed by atoms with Crippen LogP contribution in [0.15, 0.2) is 286 Å². The third-order valence-electron chi connectivity index (χ3n) is 18.1. The van der Waals surface area contributed by atoms with Crippen LogP contribution in [0.25, 0.3) is 45.0 Å². The lowest BCUT2D eigenvalue weighted by molar-refractivity contribution is 0.590. The summed E-state index contributed by atoms with van der Waals surface area (Å²) in [4.78, 5) is 23.7. The van der Waals surface area contributed by atoms with Crippen molar-refractivity contribution in [2.45, 2.75) is 52.4 Å². The zero-order chi connectivity index (χ0) is 63.4. The zero-order valence-corrected chi connectivity index (χ0v) is 55.0. The molecule has 13 aromatic rings. The summed E-state index contributed by atoms with van der Waals surface area (Å²) in [5.74, 6) is 0. The maximum absolute atomic E-state index is 4.76. The first kappa shape index (κ1) is 59.0. The lowest BCUT2D eigenvalue weighted by atomic mass is 9.33. The molecule has 0 fully saturated rings. The van der Waals surface area contributed by atoms with E-state index in [1.165, 1.54) is 81.6 Å². The van der Waals surface area contributed by atoms with Gasteiger partial charge in [-0.1, -0.05) is 169 Å². The van der Waals surface area contributed by atoms with E-state index in [1.807, 2.05) is 79.4 Å². The van der Waals surface area contributed by atoms with Gasteiger partial charge in [0.1, 0.15) is 0 Å². The Labute approximate surface area is 559 Å². The van der Waals surface area contributed by atoms with Gasteiger partial charge in [-0.05, 0) is 233 Å². The molecule has 17 rings (SSSR count). The quantitative estimate of drug-likeness (QED) is 0.126. The van der Waals surface area contributed by atoms with Crippen LogP contribution < -0.4 is 53.2 Å². The Kier molecular flexibility index (Phi) is 15.4. The summed E-state index contributed by atoms with van der Waals surface area (Å²) in [6, 6.07) is 92.9. The van der Waals surface area contributed by atoms with E-state index in [2.05, 4.69) is 301 Å². The van der Waals surface area contributed by atoms with Gasteiger partial charge < -0.3 is 20.4 Å². The molecule has 0 atom stereocenters. The molecule has 93 heavy (non-hydrogen) atoms. The van der Waals surface area contributed by atoms with Gasteiger partial charge in [0.2, 0.25) is 0 Å². The van der Waals surface area contributed by atoms with Gasteiger partial charge in [-0.2, -0.15) is 0 Å². The SMILES string of the molecule is CC(C)(C)c1cc2c3c(c1)N(c1ccccc1)c1ccc(-c4ccccn4)cc1B3c1cc(-c3ccccn3)ccc1N2c1ccccc1.CC(C)(C)c1cc2c3c(c1)Nc1ccc(-c4ccccn4)cc1B3c1cc(-c3ccccn3)ccc1N2.Ic1ccccc1. The van der Waals surface area contributed by atoms with Crippen molar-refractivity contribution in [3.63, 3.8) is 0 Å². The van der Waals surface area contributed by atoms with Gasteiger partial charge in [0.25, 0.3) is 13.4 Å². The minimum absolute atomic E-state index is 0.0173. The van der Waals surface area contributed by atoms with Crippen molar-refractivity contribution in [3.8, 4) is 45.0 Å². The van der Waals surface area contributed by atoms with Crippen molar-refractivity contribution in [3.05, 3.63) is 300 Å². The number of nitrogens with zero attached hydrogens (tertiary/aromatic N) is 6. The van der Waals surface area contributed by atoms with Crippen LogP contribution >= 0.6 is 22.6 Å². The Hall–Kier alpha value is -10.4. The van der Waals surface area contributed by atoms with Crippen molar-refractivity contribution in [1.82, 2.24) is 19.9 Å². The van der Waals surface area contributed by atoms with Crippen LogP contribution in [0.3, 0.4) is 0 Å². The molecule has 4 aliphatic heterocycles. The Bertz CT molecular complexity index is 4630. The first-order valence-corrected chi connectivity index (χ1v) is 32.9. The molecule has 0 saturated heterocycles. The number of halogens is 1. The van der Waals surface area contributed by atoms with Gasteiger partial charge in [0, 0.05) is 85.2 Å². The largest absolute Gasteiger partial charge is 0.356 e. The Morgan fingerprint density at radius 1 is 0.312 bits per heavy atom. The second kappa shape index (κ2) is 24.4. The highest BCUT2D eigenvalue weighted by Crippen LogP contribution is 2.47. The molecular formula is C82H67B2IN8. The molecule has 11 heteroatoms. The highest BCUT2D eigenvalue weighted by atomic mass is 127. The highest BCUT2D eigenvalue weighted by Gasteiger charge is 2.45. The number of para-hydroxylation sites is 2. The maximum Gasteiger partial charge on any atom is 0.252 e. The molecular weight excluding hydrogens is 1250 g/mol. The molecule has 4 aromatic heterocycles. The number of fused-ring (bicyclic) bond motifs is 8. The predicted octanol–water partition coefficient (Wildman–Crippen LogP) is 17.2. The third kappa shape index (κ3) is 11.3. The predicted molar refractivity (Wildman–Crippen MR) is 400 cm³/mol. The van der Waals surface area contributed by atoms with Crippen molar-refractivity contribution in [2.24, 2.45) is 0 Å². The fourth-order valence-electron chi connectivity index (χ4n) is 13.5. The Morgan fingerprint density at radius 2 is 0.645 bits per heavy atom. The first-order chi connectivity index (χ1) is 45.3. The van der Waals surface area contributed by atoms with Crippen LogP contribution in [0.1, 0.15) is 52.7 Å². The summed E-state index contributed by atoms with van der Waals surface area (Å²) in [6.45, 7) is 13.8. The number of nitrogens with one attached hydrogen (secondary N) is 2. The normalized spacial score (nSPS) is 12.8. The van der Waals surface area contributed by atoms with Crippen molar-refractivity contribution < 1.29 is 0 Å². The molecule has 2 N–H and O–H groups in total. The van der Waals surface area contributed by atoms with E-state index in [4.69, 9.17) is 9.97 Å². The lowest BCUT2D eigenvalue weighted by Crippen LogP contribution is -2.61. The van der Waals surface area contributed by atoms with E-state index in [9.17, 15) is 0 Å². The van der Waals surface area contributed by atoms with Crippen LogP contribution in [0.5, 0.6) is 0 Å². The standard InChI is InChI=1S/C44H35BN4.C32H27BN4.C6H5I/c1-44(2,3)32-28-41-43-42(29-32)49(34-16-8-5-9-17-34)40-23-21-31(38-19-11-13-25-47-38)27-36(40)45(43)35-26-30(37-18-10-12-24-46-37)20-22-39(35)48(41)33-14-6-4-7-15-33;1-32(2,3)22-18-29-31-30(19-22)37-28-13-11-21(26-9-5-7-15-35-26)17-24(28)33(31)23-16-20(10-12-27(23)36-29)25-8-4-6-14-34-25;7-6-4-2-1-3-5-6/h4-29H,1-3H3;4-19,36-37H,1-3H3;1-5H. The summed E-state index contributed by atoms with van der Waals surface area (Å²) in [6.07, 6.45) is 7.46. The van der Waals surface area contributed by atoms with Crippen LogP contribution in [-0.2, 0) is 10.8 Å². The number of benzene rings is 9. The molecule has 0 spiro atoms. The smallest absolute Gasteiger partial charge is 0.252 e. The Morgan fingerprint density at radius 3 is 0.989 bits per heavy atom. The van der Waals surface area contributed by atoms with E-state index in [0.29, 0.717) is 0 Å². The van der Waals surface area contributed by atoms with Gasteiger partial charge in [-0.15, -0.1) is 0 Å². The molecule has 9 aromatic carbocycles. The monoisotopic (exact) mass is 1310 g/mol. The van der Waals surface area contributed by atoms with Gasteiger partial charge in [-0.25, -0.2) is 0 Å². The second-order valence-corrected chi connectivity index (χ2v) is 27.4. The third-order valence-corrected chi connectivity index (χ3v) is 18.9. The van der Waals surface area contributed by atoms with Gasteiger partial charge in [-0.3, -0.25) is 19.9 Å². The summed E-state index contributed by atoms with van der Waals surface area (Å²) in [5, 5.41) is 7.55. The first-order valence-electron chi connectivity index (χ1n) is 31.8. The second-order valence-electron chi connectivity index (χ2n) is 26.2. The molecule has 0 bridgehead atoms. The minimum atomic E-state index is -0.0715. The molecule has 4 aliphatic rings. The fourth-order valence-corrected chi connectivity index (χ4v) is 14.0. The van der Waals surface area contributed by atoms with Gasteiger partial charge >= 0.3 is 0 Å². The minimum Gasteiger partial charge on any atom is -0.356 e. The molecule has 0 saturated carbocycles. The number of pyridine rings is 4. The average molecular weight is 1310 g/mol. The molecule has 8 heterocycles. The summed E-state index contributed by atoms with van der Waals surface area (Å²) in [5.41, 5.74) is 30.3. The van der Waals surface area contributed by atoms with Crippen molar-refractivity contribution in [2.75, 3.05) is 20.4 Å². The molecule has 0 amide bonds. The molecule has 448 valence electrons. The van der Waals surface area contributed by atoms with E-state index in [0.717, 1.165) is 67.8 Å². The number of anilines is 10. The number of rotatable bonds is 6. The molecule has 0 aliphatic carbocycles. The molecule has 0 unspecified atom stereocenters. The van der Waals surface area contributed by atoms with Crippen molar-refractivity contribution >= 4 is 126 Å². The van der Waals surface area contributed by atoms with Crippen LogP contribution in [0, 0.1) is 3.57 Å². The summed E-state index contributed by atoms with van der Waals surface area (Å²) in [7, 11) is 0. The highest BCUT2D eigenvalue weighted by molar-refractivity contribution is 14.1. The van der Waals surface area contributed by atoms with E-state index in [-0.39, 0.29) is 24.3 Å². The van der Waals surface area contributed by atoms with Gasteiger partial charge in [0.15, 0.2) is 0 Å². The summed E-state index contributed by atoms with van der Waals surface area (Å²) >= 11 is 2.28. The zero-order valence-electron chi connectivity index (χ0n) is 52.9.